The predicted molar refractivity (Wildman–Crippen MR) is 116 cm³/mol. The van der Waals surface area contributed by atoms with Gasteiger partial charge in [0.25, 0.3) is 0 Å². The summed E-state index contributed by atoms with van der Waals surface area (Å²) in [7, 11) is 0. The zero-order valence-corrected chi connectivity index (χ0v) is 18.3. The van der Waals surface area contributed by atoms with Crippen LogP contribution < -0.4 is 10.6 Å². The number of nitrogens with one attached hydrogen (secondary N) is 2. The van der Waals surface area contributed by atoms with Crippen LogP contribution in [0.2, 0.25) is 10.0 Å². The van der Waals surface area contributed by atoms with Crippen molar-refractivity contribution in [2.24, 2.45) is 0 Å². The zero-order chi connectivity index (χ0) is 19.4. The van der Waals surface area contributed by atoms with Crippen LogP contribution in [0.3, 0.4) is 0 Å². The van der Waals surface area contributed by atoms with Crippen LogP contribution in [0.15, 0.2) is 41.3 Å². The van der Waals surface area contributed by atoms with Crippen molar-refractivity contribution in [2.45, 2.75) is 26.6 Å². The van der Waals surface area contributed by atoms with Crippen molar-refractivity contribution in [1.82, 2.24) is 24.9 Å². The molecule has 27 heavy (non-hydrogen) atoms. The number of hydrogen-bond acceptors (Lipinski definition) is 3. The maximum Gasteiger partial charge on any atom is 0.171 e. The topological polar surface area (TPSA) is 59.7 Å². The van der Waals surface area contributed by atoms with Crippen molar-refractivity contribution in [3.8, 4) is 0 Å². The molecule has 1 aromatic carbocycles. The van der Waals surface area contributed by atoms with Crippen LogP contribution in [-0.4, -0.2) is 24.7 Å². The molecule has 10 heteroatoms. The minimum Gasteiger partial charge on any atom is -0.357 e. The summed E-state index contributed by atoms with van der Waals surface area (Å²) in [5.41, 5.74) is 2.62. The lowest BCUT2D eigenvalue weighted by atomic mass is 10.2. The molecule has 0 spiro atoms. The number of rotatable bonds is 6. The molecule has 0 aliphatic carbocycles. The van der Waals surface area contributed by atoms with Gasteiger partial charge in [0, 0.05) is 29.0 Å². The van der Waals surface area contributed by atoms with Gasteiger partial charge in [0.05, 0.1) is 35.1 Å². The van der Waals surface area contributed by atoms with E-state index in [-0.39, 0.29) is 0 Å². The first kappa shape index (κ1) is 20.1. The van der Waals surface area contributed by atoms with E-state index in [0.29, 0.717) is 28.2 Å². The zero-order valence-electron chi connectivity index (χ0n) is 14.4. The van der Waals surface area contributed by atoms with Gasteiger partial charge >= 0.3 is 0 Å². The number of aryl methyl sites for hydroxylation is 1. The number of benzene rings is 1. The van der Waals surface area contributed by atoms with E-state index in [1.807, 2.05) is 36.1 Å². The number of aromatic nitrogens is 4. The molecule has 0 saturated carbocycles. The lowest BCUT2D eigenvalue weighted by Crippen LogP contribution is -2.28. The van der Waals surface area contributed by atoms with Crippen molar-refractivity contribution < 1.29 is 0 Å². The molecule has 0 radical (unpaired) electrons. The smallest absolute Gasteiger partial charge is 0.171 e. The Bertz CT molecular complexity index is 955. The monoisotopic (exact) mass is 486 g/mol. The number of thiocarbonyl (C=S) groups is 1. The van der Waals surface area contributed by atoms with Crippen LogP contribution in [0.4, 0.5) is 5.69 Å². The van der Waals surface area contributed by atoms with E-state index < -0.39 is 0 Å². The van der Waals surface area contributed by atoms with E-state index in [2.05, 4.69) is 36.8 Å². The third kappa shape index (κ3) is 5.44. The molecule has 0 atom stereocenters. The van der Waals surface area contributed by atoms with E-state index >= 15 is 0 Å². The van der Waals surface area contributed by atoms with Crippen LogP contribution >= 0.6 is 51.3 Å². The highest BCUT2D eigenvalue weighted by atomic mass is 79.9. The fourth-order valence-electron chi connectivity index (χ4n) is 2.40. The van der Waals surface area contributed by atoms with Crippen LogP contribution in [0.1, 0.15) is 18.2 Å². The molecule has 2 heterocycles. The summed E-state index contributed by atoms with van der Waals surface area (Å²) in [4.78, 5) is 0. The molecule has 2 aromatic heterocycles. The van der Waals surface area contributed by atoms with Crippen molar-refractivity contribution >= 4 is 62.1 Å². The van der Waals surface area contributed by atoms with Gasteiger partial charge in [-0.15, -0.1) is 0 Å². The maximum absolute atomic E-state index is 6.21. The predicted octanol–water partition coefficient (Wildman–Crippen LogP) is 4.70. The van der Waals surface area contributed by atoms with Gasteiger partial charge in [0.2, 0.25) is 0 Å². The molecule has 0 unspecified atom stereocenters. The molecule has 3 rings (SSSR count). The lowest BCUT2D eigenvalue weighted by molar-refractivity contribution is 0.643. The van der Waals surface area contributed by atoms with Gasteiger partial charge in [-0.1, -0.05) is 29.3 Å². The molecule has 6 nitrogen and oxygen atoms in total. The van der Waals surface area contributed by atoms with Gasteiger partial charge < -0.3 is 10.6 Å². The molecule has 0 bridgehead atoms. The fraction of sp³-hybridized carbons (Fsp3) is 0.235. The lowest BCUT2D eigenvalue weighted by Gasteiger charge is -2.08. The quantitative estimate of drug-likeness (QED) is 0.493. The van der Waals surface area contributed by atoms with Gasteiger partial charge in [-0.05, 0) is 52.8 Å². The summed E-state index contributed by atoms with van der Waals surface area (Å²) in [6.45, 7) is 3.92. The van der Waals surface area contributed by atoms with Crippen LogP contribution in [0.5, 0.6) is 0 Å². The Kier molecular flexibility index (Phi) is 6.75. The first-order valence-electron chi connectivity index (χ1n) is 8.17. The Balaban J connectivity index is 1.55. The Morgan fingerprint density at radius 1 is 1.26 bits per heavy atom. The van der Waals surface area contributed by atoms with Gasteiger partial charge in [0.1, 0.15) is 0 Å². The Morgan fingerprint density at radius 3 is 2.78 bits per heavy atom. The van der Waals surface area contributed by atoms with Gasteiger partial charge in [-0.25, -0.2) is 0 Å². The van der Waals surface area contributed by atoms with Gasteiger partial charge in [-0.3, -0.25) is 9.36 Å². The number of nitrogens with zero attached hydrogens (tertiary/aromatic N) is 4. The highest BCUT2D eigenvalue weighted by Gasteiger charge is 2.08. The van der Waals surface area contributed by atoms with Crippen LogP contribution in [0, 0.1) is 0 Å². The van der Waals surface area contributed by atoms with Crippen LogP contribution in [-0.2, 0) is 19.6 Å². The molecule has 0 aliphatic heterocycles. The third-order valence-electron chi connectivity index (χ3n) is 3.77. The minimum absolute atomic E-state index is 0.497. The first-order chi connectivity index (χ1) is 12.9. The molecule has 3 aromatic rings. The van der Waals surface area contributed by atoms with E-state index in [1.165, 1.54) is 0 Å². The molecule has 0 amide bonds. The average molecular weight is 488 g/mol. The summed E-state index contributed by atoms with van der Waals surface area (Å²) in [5.74, 6) is 0. The summed E-state index contributed by atoms with van der Waals surface area (Å²) in [6.07, 6.45) is 5.51. The van der Waals surface area contributed by atoms with Crippen molar-refractivity contribution in [3.63, 3.8) is 0 Å². The molecule has 142 valence electrons. The number of anilines is 1. The van der Waals surface area contributed by atoms with Crippen LogP contribution in [0.25, 0.3) is 0 Å². The van der Waals surface area contributed by atoms with Crippen molar-refractivity contribution in [3.05, 3.63) is 62.6 Å². The Hall–Kier alpha value is -1.61. The fourth-order valence-corrected chi connectivity index (χ4v) is 3.51. The van der Waals surface area contributed by atoms with E-state index in [1.54, 1.807) is 16.9 Å². The van der Waals surface area contributed by atoms with E-state index in [9.17, 15) is 0 Å². The number of hydrogen-bond donors (Lipinski definition) is 2. The van der Waals surface area contributed by atoms with E-state index in [0.717, 1.165) is 28.0 Å². The van der Waals surface area contributed by atoms with Crippen molar-refractivity contribution in [2.75, 3.05) is 5.32 Å². The van der Waals surface area contributed by atoms with Gasteiger partial charge in [0.15, 0.2) is 5.11 Å². The van der Waals surface area contributed by atoms with Gasteiger partial charge in [-0.2, -0.15) is 10.2 Å². The molecule has 0 fully saturated rings. The highest BCUT2D eigenvalue weighted by molar-refractivity contribution is 9.10. The summed E-state index contributed by atoms with van der Waals surface area (Å²) in [5, 5.41) is 16.8. The first-order valence-corrected chi connectivity index (χ1v) is 10.1. The normalized spacial score (nSPS) is 10.8. The molecule has 0 saturated heterocycles. The standard InChI is InChI=1S/C17H17BrCl2N6S/c1-2-25-10-14(18)16(24-25)7-21-17(27)23-13-6-22-26(9-13)8-11-3-4-12(19)5-15(11)20/h3-6,9-10H,2,7-8H2,1H3,(H2,21,23,27). The SMILES string of the molecule is CCn1cc(Br)c(CNC(=S)Nc2cnn(Cc3ccc(Cl)cc3Cl)c2)n1. The van der Waals surface area contributed by atoms with E-state index in [4.69, 9.17) is 35.4 Å². The second-order valence-electron chi connectivity index (χ2n) is 5.75. The summed E-state index contributed by atoms with van der Waals surface area (Å²) < 4.78 is 4.59. The Labute approximate surface area is 181 Å². The summed E-state index contributed by atoms with van der Waals surface area (Å²) >= 11 is 21.0. The maximum atomic E-state index is 6.21. The second kappa shape index (κ2) is 9.05. The minimum atomic E-state index is 0.497. The summed E-state index contributed by atoms with van der Waals surface area (Å²) in [6, 6.07) is 5.42. The third-order valence-corrected chi connectivity index (χ3v) is 5.26. The highest BCUT2D eigenvalue weighted by Crippen LogP contribution is 2.22. The Morgan fingerprint density at radius 2 is 2.07 bits per heavy atom. The molecule has 0 aliphatic rings. The largest absolute Gasteiger partial charge is 0.357 e. The molecule has 2 N–H and O–H groups in total. The average Bonchev–Trinajstić information content (AvgIpc) is 3.21. The molecular weight excluding hydrogens is 471 g/mol. The second-order valence-corrected chi connectivity index (χ2v) is 7.86. The van der Waals surface area contributed by atoms with Crippen molar-refractivity contribution in [1.29, 1.82) is 0 Å². The molecular formula is C17H17BrCl2N6S. The number of halogens is 3.